The number of halogens is 2. The molecule has 0 saturated carbocycles. The van der Waals surface area contributed by atoms with Crippen LogP contribution in [0.15, 0.2) is 18.3 Å². The third-order valence-electron chi connectivity index (χ3n) is 5.86. The average Bonchev–Trinajstić information content (AvgIpc) is 3.00. The minimum Gasteiger partial charge on any atom is -0.353 e. The summed E-state index contributed by atoms with van der Waals surface area (Å²) < 4.78 is 29.5. The van der Waals surface area contributed by atoms with Gasteiger partial charge in [-0.25, -0.2) is 19.6 Å². The maximum Gasteiger partial charge on any atom is 0.303 e. The maximum absolute atomic E-state index is 14.0. The predicted molar refractivity (Wildman–Crippen MR) is 115 cm³/mol. The van der Waals surface area contributed by atoms with E-state index >= 15 is 0 Å². The molecule has 11 heteroatoms. The molecule has 0 bridgehead atoms. The van der Waals surface area contributed by atoms with Crippen molar-refractivity contribution in [3.05, 3.63) is 29.8 Å². The van der Waals surface area contributed by atoms with E-state index < -0.39 is 11.7 Å². The van der Waals surface area contributed by atoms with Crippen LogP contribution in [0.4, 0.5) is 20.4 Å². The SMILES string of the molecule is CC(=O)Nc1cc2c(cn1)c(N1CC3(CN(C)C3)C1)nn2-c1cc(C)nc(C(C)(F)F)n1. The Kier molecular flexibility index (Phi) is 4.45. The lowest BCUT2D eigenvalue weighted by Crippen LogP contribution is -2.71. The Bertz CT molecular complexity index is 1220. The molecule has 168 valence electrons. The van der Waals surface area contributed by atoms with Crippen LogP contribution in [0.1, 0.15) is 25.4 Å². The molecule has 0 aromatic carbocycles. The van der Waals surface area contributed by atoms with Crippen LogP contribution in [-0.2, 0) is 10.7 Å². The zero-order valence-corrected chi connectivity index (χ0v) is 18.4. The van der Waals surface area contributed by atoms with Gasteiger partial charge in [-0.15, -0.1) is 5.10 Å². The standard InChI is InChI=1S/C21H24F2N8O/c1-12-5-17(27-19(25-12)20(3,22)23)31-15-6-16(26-13(2)32)24-7-14(15)18(28-31)30-10-21(11-30)8-29(4)9-21/h5-7H,8-11H2,1-4H3,(H,24,26,32). The van der Waals surface area contributed by atoms with E-state index in [4.69, 9.17) is 5.10 Å². The van der Waals surface area contributed by atoms with Crippen molar-refractivity contribution in [2.24, 2.45) is 5.41 Å². The fourth-order valence-corrected chi connectivity index (χ4v) is 4.72. The number of rotatable bonds is 4. The van der Waals surface area contributed by atoms with Crippen LogP contribution in [0.25, 0.3) is 16.7 Å². The van der Waals surface area contributed by atoms with Gasteiger partial charge in [-0.1, -0.05) is 0 Å². The third kappa shape index (κ3) is 3.46. The summed E-state index contributed by atoms with van der Waals surface area (Å²) in [5.74, 6) is -2.69. The summed E-state index contributed by atoms with van der Waals surface area (Å²) >= 11 is 0. The van der Waals surface area contributed by atoms with Gasteiger partial charge in [0.1, 0.15) is 5.82 Å². The summed E-state index contributed by atoms with van der Waals surface area (Å²) in [5, 5.41) is 8.18. The Morgan fingerprint density at radius 1 is 1.19 bits per heavy atom. The fraction of sp³-hybridized carbons (Fsp3) is 0.476. The second-order valence-corrected chi connectivity index (χ2v) is 9.11. The number of pyridine rings is 1. The zero-order chi connectivity index (χ0) is 22.8. The molecule has 32 heavy (non-hydrogen) atoms. The van der Waals surface area contributed by atoms with Gasteiger partial charge in [0.05, 0.1) is 10.9 Å². The van der Waals surface area contributed by atoms with Gasteiger partial charge in [0.15, 0.2) is 11.6 Å². The number of hydrogen-bond donors (Lipinski definition) is 1. The molecule has 2 aliphatic heterocycles. The topological polar surface area (TPSA) is 92.1 Å². The number of carbonyl (C=O) groups is 1. The number of nitrogens with zero attached hydrogens (tertiary/aromatic N) is 7. The maximum atomic E-state index is 14.0. The van der Waals surface area contributed by atoms with Crippen molar-refractivity contribution >= 4 is 28.4 Å². The smallest absolute Gasteiger partial charge is 0.303 e. The second-order valence-electron chi connectivity index (χ2n) is 9.11. The molecule has 1 amide bonds. The van der Waals surface area contributed by atoms with Crippen LogP contribution in [0.2, 0.25) is 0 Å². The second kappa shape index (κ2) is 6.89. The number of nitrogens with one attached hydrogen (secondary N) is 1. The van der Waals surface area contributed by atoms with Crippen molar-refractivity contribution < 1.29 is 13.6 Å². The summed E-state index contributed by atoms with van der Waals surface area (Å²) in [4.78, 5) is 28.3. The highest BCUT2D eigenvalue weighted by Crippen LogP contribution is 2.43. The van der Waals surface area contributed by atoms with Gasteiger partial charge in [-0.05, 0) is 14.0 Å². The van der Waals surface area contributed by atoms with E-state index in [1.165, 1.54) is 11.6 Å². The Labute approximate surface area is 183 Å². The molecular formula is C21H24F2N8O. The molecule has 9 nitrogen and oxygen atoms in total. The molecule has 1 N–H and O–H groups in total. The molecule has 0 unspecified atom stereocenters. The van der Waals surface area contributed by atoms with Gasteiger partial charge in [0.25, 0.3) is 0 Å². The predicted octanol–water partition coefficient (Wildman–Crippen LogP) is 2.34. The van der Waals surface area contributed by atoms with Crippen LogP contribution in [0.3, 0.4) is 0 Å². The third-order valence-corrected chi connectivity index (χ3v) is 5.86. The Morgan fingerprint density at radius 2 is 1.91 bits per heavy atom. The number of carbonyl (C=O) groups excluding carboxylic acids is 1. The molecule has 1 spiro atoms. The molecule has 0 atom stereocenters. The van der Waals surface area contributed by atoms with E-state index in [-0.39, 0.29) is 17.1 Å². The van der Waals surface area contributed by atoms with Gasteiger partial charge in [0, 0.05) is 69.5 Å². The van der Waals surface area contributed by atoms with E-state index in [0.717, 1.165) is 44.3 Å². The largest absolute Gasteiger partial charge is 0.353 e. The number of hydrogen-bond acceptors (Lipinski definition) is 7. The van der Waals surface area contributed by atoms with Crippen molar-refractivity contribution in [1.82, 2.24) is 29.6 Å². The van der Waals surface area contributed by atoms with Gasteiger partial charge in [0.2, 0.25) is 11.7 Å². The summed E-state index contributed by atoms with van der Waals surface area (Å²) in [7, 11) is 2.10. The molecule has 0 radical (unpaired) electrons. The Hall–Kier alpha value is -3.21. The van der Waals surface area contributed by atoms with Crippen molar-refractivity contribution in [3.8, 4) is 5.82 Å². The first-order chi connectivity index (χ1) is 15.0. The Balaban J connectivity index is 1.61. The molecule has 2 saturated heterocycles. The number of anilines is 2. The van der Waals surface area contributed by atoms with E-state index in [1.807, 2.05) is 0 Å². The summed E-state index contributed by atoms with van der Waals surface area (Å²) in [6, 6.07) is 3.30. The van der Waals surface area contributed by atoms with Crippen LogP contribution in [-0.4, -0.2) is 68.8 Å². The quantitative estimate of drug-likeness (QED) is 0.663. The molecule has 5 heterocycles. The number of amides is 1. The van der Waals surface area contributed by atoms with Gasteiger partial charge in [-0.3, -0.25) is 4.79 Å². The average molecular weight is 442 g/mol. The van der Waals surface area contributed by atoms with E-state index in [1.54, 1.807) is 25.3 Å². The van der Waals surface area contributed by atoms with Gasteiger partial charge in [-0.2, -0.15) is 8.78 Å². The zero-order valence-electron chi connectivity index (χ0n) is 18.4. The number of alkyl halides is 2. The summed E-state index contributed by atoms with van der Waals surface area (Å²) in [5.41, 5.74) is 1.32. The molecule has 3 aromatic rings. The highest BCUT2D eigenvalue weighted by molar-refractivity contribution is 5.95. The monoisotopic (exact) mass is 442 g/mol. The van der Waals surface area contributed by atoms with E-state index in [0.29, 0.717) is 17.0 Å². The lowest BCUT2D eigenvalue weighted by Gasteiger charge is -2.59. The minimum absolute atomic E-state index is 0.240. The highest BCUT2D eigenvalue weighted by Gasteiger charge is 2.51. The highest BCUT2D eigenvalue weighted by atomic mass is 19.3. The van der Waals surface area contributed by atoms with Crippen LogP contribution in [0.5, 0.6) is 0 Å². The lowest BCUT2D eigenvalue weighted by atomic mass is 9.73. The molecule has 5 rings (SSSR count). The minimum atomic E-state index is -3.18. The molecule has 2 aliphatic rings. The number of fused-ring (bicyclic) bond motifs is 1. The van der Waals surface area contributed by atoms with Crippen molar-refractivity contribution in [3.63, 3.8) is 0 Å². The van der Waals surface area contributed by atoms with Crippen molar-refractivity contribution in [1.29, 1.82) is 0 Å². The molecule has 2 fully saturated rings. The van der Waals surface area contributed by atoms with Gasteiger partial charge >= 0.3 is 5.92 Å². The van der Waals surface area contributed by atoms with Crippen LogP contribution in [0, 0.1) is 12.3 Å². The molecular weight excluding hydrogens is 418 g/mol. The van der Waals surface area contributed by atoms with Crippen LogP contribution < -0.4 is 10.2 Å². The molecule has 0 aliphatic carbocycles. The van der Waals surface area contributed by atoms with Gasteiger partial charge < -0.3 is 15.1 Å². The fourth-order valence-electron chi connectivity index (χ4n) is 4.72. The summed E-state index contributed by atoms with van der Waals surface area (Å²) in [6.45, 7) is 7.65. The number of likely N-dealkylation sites (tertiary alicyclic amines) is 1. The Morgan fingerprint density at radius 3 is 2.53 bits per heavy atom. The first kappa shape index (κ1) is 20.7. The first-order valence-corrected chi connectivity index (χ1v) is 10.4. The molecule has 3 aromatic heterocycles. The van der Waals surface area contributed by atoms with Crippen molar-refractivity contribution in [2.75, 3.05) is 43.4 Å². The number of aryl methyl sites for hydroxylation is 1. The van der Waals surface area contributed by atoms with Crippen molar-refractivity contribution in [2.45, 2.75) is 26.7 Å². The van der Waals surface area contributed by atoms with Crippen LogP contribution >= 0.6 is 0 Å². The van der Waals surface area contributed by atoms with E-state index in [2.05, 4.69) is 37.1 Å². The lowest BCUT2D eigenvalue weighted by molar-refractivity contribution is -0.114. The first-order valence-electron chi connectivity index (χ1n) is 10.4. The normalized spacial score (nSPS) is 18.0. The number of aromatic nitrogens is 5. The van der Waals surface area contributed by atoms with E-state index in [9.17, 15) is 13.6 Å². The summed E-state index contributed by atoms with van der Waals surface area (Å²) in [6.07, 6.45) is 1.65.